The van der Waals surface area contributed by atoms with E-state index in [2.05, 4.69) is 15.3 Å². The van der Waals surface area contributed by atoms with E-state index in [0.717, 1.165) is 34.6 Å². The van der Waals surface area contributed by atoms with Crippen LogP contribution in [-0.2, 0) is 11.2 Å². The molecule has 4 rings (SSSR count). The average Bonchev–Trinajstić information content (AvgIpc) is 3.21. The Morgan fingerprint density at radius 2 is 1.91 bits per heavy atom. The number of carboxylic acid groups (broad SMARTS) is 1. The second-order valence-electron chi connectivity index (χ2n) is 7.14. The van der Waals surface area contributed by atoms with Crippen molar-refractivity contribution in [3.05, 3.63) is 76.5 Å². The highest BCUT2D eigenvalue weighted by molar-refractivity contribution is 5.97. The number of carbonyl (C=O) groups excluding carboxylic acids is 1. The van der Waals surface area contributed by atoms with Gasteiger partial charge in [0.1, 0.15) is 5.82 Å². The molecule has 0 saturated heterocycles. The van der Waals surface area contributed by atoms with Crippen molar-refractivity contribution in [3.63, 3.8) is 0 Å². The van der Waals surface area contributed by atoms with Gasteiger partial charge in [-0.3, -0.25) is 9.78 Å². The number of nitrogens with one attached hydrogen (secondary N) is 2. The Kier molecular flexibility index (Phi) is 6.95. The second kappa shape index (κ2) is 9.68. The predicted octanol–water partition coefficient (Wildman–Crippen LogP) is 4.61. The SMILES string of the molecule is Cc1c(F)cccc1/C=C/c1cc(-c2cc3c([nH]2)CCNC3=O)ccn1.O=C(O)C(F)(F)F. The van der Waals surface area contributed by atoms with Crippen molar-refractivity contribution >= 4 is 24.0 Å². The van der Waals surface area contributed by atoms with Crippen LogP contribution in [0.25, 0.3) is 23.4 Å². The number of amides is 1. The minimum atomic E-state index is -5.08. The molecule has 0 unspecified atom stereocenters. The molecule has 0 fully saturated rings. The summed E-state index contributed by atoms with van der Waals surface area (Å²) in [5.74, 6) is -3.01. The van der Waals surface area contributed by atoms with E-state index < -0.39 is 12.1 Å². The fraction of sp³-hybridized carbons (Fsp3) is 0.174. The third kappa shape index (κ3) is 5.85. The van der Waals surface area contributed by atoms with Crippen LogP contribution in [0.5, 0.6) is 0 Å². The number of aliphatic carboxylic acids is 1. The number of carboxylic acids is 1. The van der Waals surface area contributed by atoms with E-state index in [1.54, 1.807) is 19.2 Å². The van der Waals surface area contributed by atoms with Crippen LogP contribution >= 0.6 is 0 Å². The van der Waals surface area contributed by atoms with Gasteiger partial charge in [0.05, 0.1) is 11.3 Å². The Morgan fingerprint density at radius 1 is 1.18 bits per heavy atom. The number of hydrogen-bond donors (Lipinski definition) is 3. The van der Waals surface area contributed by atoms with Crippen molar-refractivity contribution in [2.75, 3.05) is 6.54 Å². The highest BCUT2D eigenvalue weighted by Crippen LogP contribution is 2.25. The van der Waals surface area contributed by atoms with Gasteiger partial charge in [-0.1, -0.05) is 18.2 Å². The molecule has 1 aliphatic rings. The highest BCUT2D eigenvalue weighted by atomic mass is 19.4. The van der Waals surface area contributed by atoms with Gasteiger partial charge in [-0.15, -0.1) is 0 Å². The molecule has 2 aromatic heterocycles. The second-order valence-corrected chi connectivity index (χ2v) is 7.14. The van der Waals surface area contributed by atoms with Crippen molar-refractivity contribution in [2.24, 2.45) is 0 Å². The molecule has 0 saturated carbocycles. The van der Waals surface area contributed by atoms with E-state index in [-0.39, 0.29) is 11.7 Å². The quantitative estimate of drug-likeness (QED) is 0.497. The van der Waals surface area contributed by atoms with Crippen molar-refractivity contribution in [1.29, 1.82) is 0 Å². The largest absolute Gasteiger partial charge is 0.490 e. The van der Waals surface area contributed by atoms with Crippen LogP contribution in [0.1, 0.15) is 32.9 Å². The van der Waals surface area contributed by atoms with Crippen molar-refractivity contribution in [1.82, 2.24) is 15.3 Å². The predicted molar refractivity (Wildman–Crippen MR) is 114 cm³/mol. The Hall–Kier alpha value is -3.95. The molecule has 0 aliphatic carbocycles. The summed E-state index contributed by atoms with van der Waals surface area (Å²) < 4.78 is 45.4. The first-order valence-electron chi connectivity index (χ1n) is 9.76. The Morgan fingerprint density at radius 3 is 2.58 bits per heavy atom. The maximum Gasteiger partial charge on any atom is 0.490 e. The summed E-state index contributed by atoms with van der Waals surface area (Å²) in [6.45, 7) is 2.41. The van der Waals surface area contributed by atoms with E-state index in [1.165, 1.54) is 6.07 Å². The highest BCUT2D eigenvalue weighted by Gasteiger charge is 2.38. The molecule has 10 heteroatoms. The number of pyridine rings is 1. The standard InChI is InChI=1S/C21H18FN3O.C2HF3O2/c1-13-14(3-2-4-18(13)22)5-6-16-11-15(7-9-23-16)20-12-17-19(25-20)8-10-24-21(17)26;3-2(4,5)1(6)7/h2-7,9,11-12,25H,8,10H2,1H3,(H,24,26);(H,6,7)/b6-5+;. The molecule has 33 heavy (non-hydrogen) atoms. The van der Waals surface area contributed by atoms with Crippen molar-refractivity contribution < 1.29 is 32.3 Å². The van der Waals surface area contributed by atoms with Crippen LogP contribution in [0.3, 0.4) is 0 Å². The number of benzene rings is 1. The number of hydrogen-bond acceptors (Lipinski definition) is 3. The van der Waals surface area contributed by atoms with Gasteiger partial charge in [-0.25, -0.2) is 9.18 Å². The van der Waals surface area contributed by atoms with Gasteiger partial charge >= 0.3 is 12.1 Å². The first-order valence-corrected chi connectivity index (χ1v) is 9.76. The molecule has 6 nitrogen and oxygen atoms in total. The van der Waals surface area contributed by atoms with Crippen LogP contribution in [0, 0.1) is 12.7 Å². The van der Waals surface area contributed by atoms with E-state index in [4.69, 9.17) is 9.90 Å². The lowest BCUT2D eigenvalue weighted by atomic mass is 10.1. The zero-order valence-electron chi connectivity index (χ0n) is 17.3. The van der Waals surface area contributed by atoms with Crippen LogP contribution in [-0.4, -0.2) is 39.7 Å². The molecule has 0 spiro atoms. The third-order valence-corrected chi connectivity index (χ3v) is 4.88. The minimum Gasteiger partial charge on any atom is -0.475 e. The lowest BCUT2D eigenvalue weighted by molar-refractivity contribution is -0.192. The lowest BCUT2D eigenvalue weighted by Gasteiger charge is -2.10. The lowest BCUT2D eigenvalue weighted by Crippen LogP contribution is -2.31. The van der Waals surface area contributed by atoms with E-state index in [1.807, 2.05) is 36.4 Å². The van der Waals surface area contributed by atoms with Gasteiger partial charge < -0.3 is 15.4 Å². The summed E-state index contributed by atoms with van der Waals surface area (Å²) >= 11 is 0. The minimum absolute atomic E-state index is 0.0375. The van der Waals surface area contributed by atoms with E-state index in [0.29, 0.717) is 17.7 Å². The molecule has 0 radical (unpaired) electrons. The number of nitrogens with zero attached hydrogens (tertiary/aromatic N) is 1. The molecule has 1 aromatic carbocycles. The molecule has 3 aromatic rings. The first kappa shape index (κ1) is 23.7. The molecule has 0 bridgehead atoms. The topological polar surface area (TPSA) is 95.1 Å². The number of rotatable bonds is 3. The first-order chi connectivity index (χ1) is 15.6. The van der Waals surface area contributed by atoms with Gasteiger partial charge in [0.25, 0.3) is 5.91 Å². The van der Waals surface area contributed by atoms with Crippen molar-refractivity contribution in [2.45, 2.75) is 19.5 Å². The number of carbonyl (C=O) groups is 2. The molecular formula is C23H19F4N3O3. The summed E-state index contributed by atoms with van der Waals surface area (Å²) in [4.78, 5) is 28.5. The average molecular weight is 461 g/mol. The Balaban J connectivity index is 0.000000383. The molecule has 0 atom stereocenters. The fourth-order valence-corrected chi connectivity index (χ4v) is 3.14. The zero-order chi connectivity index (χ0) is 24.2. The normalized spacial score (nSPS) is 13.2. The summed E-state index contributed by atoms with van der Waals surface area (Å²) in [7, 11) is 0. The maximum atomic E-state index is 13.6. The Bertz CT molecular complexity index is 1220. The summed E-state index contributed by atoms with van der Waals surface area (Å²) in [5, 5.41) is 9.97. The van der Waals surface area contributed by atoms with Crippen LogP contribution in [0.2, 0.25) is 0 Å². The molecule has 3 heterocycles. The molecule has 172 valence electrons. The zero-order valence-corrected chi connectivity index (χ0v) is 17.3. The molecule has 3 N–H and O–H groups in total. The maximum absolute atomic E-state index is 13.6. The van der Waals surface area contributed by atoms with E-state index >= 15 is 0 Å². The summed E-state index contributed by atoms with van der Waals surface area (Å²) in [6, 6.07) is 10.7. The number of aromatic amines is 1. The van der Waals surface area contributed by atoms with Gasteiger partial charge in [-0.05, 0) is 48.4 Å². The number of alkyl halides is 3. The van der Waals surface area contributed by atoms with Crippen LogP contribution in [0.4, 0.5) is 17.6 Å². The molecular weight excluding hydrogens is 442 g/mol. The number of aromatic nitrogens is 2. The van der Waals surface area contributed by atoms with Crippen LogP contribution < -0.4 is 5.32 Å². The van der Waals surface area contributed by atoms with Gasteiger partial charge in [-0.2, -0.15) is 13.2 Å². The number of H-pyrrole nitrogens is 1. The fourth-order valence-electron chi connectivity index (χ4n) is 3.14. The number of fused-ring (bicyclic) bond motifs is 1. The monoisotopic (exact) mass is 461 g/mol. The van der Waals surface area contributed by atoms with Gasteiger partial charge in [0, 0.05) is 36.1 Å². The third-order valence-electron chi connectivity index (χ3n) is 4.88. The van der Waals surface area contributed by atoms with E-state index in [9.17, 15) is 22.4 Å². The smallest absolute Gasteiger partial charge is 0.475 e. The van der Waals surface area contributed by atoms with Gasteiger partial charge in [0.15, 0.2) is 0 Å². The molecule has 1 aliphatic heterocycles. The van der Waals surface area contributed by atoms with Crippen molar-refractivity contribution in [3.8, 4) is 11.3 Å². The summed E-state index contributed by atoms with van der Waals surface area (Å²) in [5.41, 5.74) is 5.72. The molecule has 1 amide bonds. The summed E-state index contributed by atoms with van der Waals surface area (Å²) in [6.07, 6.45) is 1.17. The van der Waals surface area contributed by atoms with Crippen LogP contribution in [0.15, 0.2) is 42.6 Å². The number of halogens is 4. The Labute approximate surface area is 186 Å². The van der Waals surface area contributed by atoms with Gasteiger partial charge in [0.2, 0.25) is 0 Å².